The van der Waals surface area contributed by atoms with Crippen molar-refractivity contribution in [1.29, 1.82) is 0 Å². The maximum atomic E-state index is 14.7. The number of aromatic nitrogens is 4. The highest BCUT2D eigenvalue weighted by molar-refractivity contribution is 7.92. The van der Waals surface area contributed by atoms with Crippen LogP contribution in [0.15, 0.2) is 36.8 Å². The predicted octanol–water partition coefficient (Wildman–Crippen LogP) is 3.03. The molecule has 0 bridgehead atoms. The number of pyridine rings is 1. The lowest BCUT2D eigenvalue weighted by Crippen LogP contribution is -2.46. The molecular formula is C23H25ClFN7O2S. The van der Waals surface area contributed by atoms with E-state index in [0.717, 1.165) is 37.9 Å². The van der Waals surface area contributed by atoms with Gasteiger partial charge in [0.05, 0.1) is 41.1 Å². The summed E-state index contributed by atoms with van der Waals surface area (Å²) in [6.07, 6.45) is 10.8. The second-order valence-electron chi connectivity index (χ2n) is 8.13. The van der Waals surface area contributed by atoms with Gasteiger partial charge in [-0.25, -0.2) is 17.5 Å². The van der Waals surface area contributed by atoms with Gasteiger partial charge >= 0.3 is 0 Å². The average Bonchev–Trinajstić information content (AvgIpc) is 3.32. The van der Waals surface area contributed by atoms with E-state index in [9.17, 15) is 12.8 Å². The van der Waals surface area contributed by atoms with E-state index in [1.807, 2.05) is 6.07 Å². The van der Waals surface area contributed by atoms with E-state index >= 15 is 0 Å². The quantitative estimate of drug-likeness (QED) is 0.459. The summed E-state index contributed by atoms with van der Waals surface area (Å²) in [6.45, 7) is 5.75. The third-order valence-electron chi connectivity index (χ3n) is 5.60. The third-order valence-corrected chi connectivity index (χ3v) is 7.46. The van der Waals surface area contributed by atoms with Crippen molar-refractivity contribution in [3.63, 3.8) is 0 Å². The van der Waals surface area contributed by atoms with Crippen LogP contribution in [-0.4, -0.2) is 71.8 Å². The zero-order chi connectivity index (χ0) is 25.0. The Bertz CT molecular complexity index is 1350. The van der Waals surface area contributed by atoms with Crippen LogP contribution in [0.1, 0.15) is 13.3 Å². The molecule has 12 heteroatoms. The average molecular weight is 518 g/mol. The lowest BCUT2D eigenvalue weighted by molar-refractivity contribution is 0.288. The molecule has 1 fully saturated rings. The molecule has 0 radical (unpaired) electrons. The van der Waals surface area contributed by atoms with Gasteiger partial charge in [0.25, 0.3) is 0 Å². The van der Waals surface area contributed by atoms with Crippen molar-refractivity contribution in [2.75, 3.05) is 48.1 Å². The second kappa shape index (κ2) is 10.6. The highest BCUT2D eigenvalue weighted by Gasteiger charge is 2.21. The number of hydrogen-bond acceptors (Lipinski definition) is 7. The minimum absolute atomic E-state index is 0.0706. The summed E-state index contributed by atoms with van der Waals surface area (Å²) in [6, 6.07) is 4.36. The predicted molar refractivity (Wildman–Crippen MR) is 135 cm³/mol. The first kappa shape index (κ1) is 24.9. The van der Waals surface area contributed by atoms with Gasteiger partial charge in [-0.3, -0.25) is 14.6 Å². The molecule has 0 spiro atoms. The van der Waals surface area contributed by atoms with Crippen LogP contribution in [0.5, 0.6) is 0 Å². The van der Waals surface area contributed by atoms with Crippen LogP contribution >= 0.6 is 11.6 Å². The standard InChI is InChI=1S/C23H25ClFN7O2S/c1-3-7-30-8-10-31(11-9-30)18-13-17(14-26-15-18)21-16-32(29-27-21)23-19(25)5-6-20(22(23)24)28-35(33,34)12-4-2/h1,5-6,13-16,28H,4,7-12H2,2H3. The number of hydrogen-bond donors (Lipinski definition) is 1. The van der Waals surface area contributed by atoms with Gasteiger partial charge < -0.3 is 4.90 Å². The molecule has 35 heavy (non-hydrogen) atoms. The summed E-state index contributed by atoms with van der Waals surface area (Å²) in [5.74, 6) is 1.93. The van der Waals surface area contributed by atoms with Crippen LogP contribution in [0.3, 0.4) is 0 Å². The minimum atomic E-state index is -3.61. The zero-order valence-electron chi connectivity index (χ0n) is 19.2. The van der Waals surface area contributed by atoms with Gasteiger partial charge in [0.2, 0.25) is 10.0 Å². The molecule has 2 aromatic heterocycles. The summed E-state index contributed by atoms with van der Waals surface area (Å²) in [4.78, 5) is 8.77. The lowest BCUT2D eigenvalue weighted by Gasteiger charge is -2.35. The van der Waals surface area contributed by atoms with Crippen molar-refractivity contribution >= 4 is 33.0 Å². The van der Waals surface area contributed by atoms with Crippen LogP contribution in [0, 0.1) is 18.2 Å². The number of benzene rings is 1. The number of anilines is 2. The summed E-state index contributed by atoms with van der Waals surface area (Å²) >= 11 is 6.38. The first-order valence-corrected chi connectivity index (χ1v) is 13.1. The third kappa shape index (κ3) is 5.73. The molecule has 3 heterocycles. The van der Waals surface area contributed by atoms with Crippen molar-refractivity contribution in [3.05, 3.63) is 47.6 Å². The Morgan fingerprint density at radius 1 is 1.23 bits per heavy atom. The van der Waals surface area contributed by atoms with Gasteiger partial charge in [-0.2, -0.15) is 0 Å². The Morgan fingerprint density at radius 3 is 2.71 bits per heavy atom. The summed E-state index contributed by atoms with van der Waals surface area (Å²) in [7, 11) is -3.61. The number of terminal acetylenes is 1. The molecule has 0 saturated carbocycles. The normalized spacial score (nSPS) is 14.6. The maximum Gasteiger partial charge on any atom is 0.232 e. The monoisotopic (exact) mass is 517 g/mol. The van der Waals surface area contributed by atoms with E-state index in [2.05, 4.69) is 35.7 Å². The Balaban J connectivity index is 1.58. The van der Waals surface area contributed by atoms with Crippen molar-refractivity contribution in [2.45, 2.75) is 13.3 Å². The van der Waals surface area contributed by atoms with Gasteiger partial charge in [-0.1, -0.05) is 29.7 Å². The molecule has 4 rings (SSSR count). The second-order valence-corrected chi connectivity index (χ2v) is 10.3. The first-order chi connectivity index (χ1) is 16.8. The Hall–Kier alpha value is -3.20. The Labute approximate surface area is 209 Å². The molecule has 0 atom stereocenters. The fourth-order valence-corrected chi connectivity index (χ4v) is 5.34. The van der Waals surface area contributed by atoms with E-state index in [0.29, 0.717) is 24.2 Å². The number of nitrogens with one attached hydrogen (secondary N) is 1. The molecule has 184 valence electrons. The molecule has 0 amide bonds. The number of rotatable bonds is 8. The van der Waals surface area contributed by atoms with Crippen molar-refractivity contribution in [2.24, 2.45) is 0 Å². The molecule has 9 nitrogen and oxygen atoms in total. The number of sulfonamides is 1. The van der Waals surface area contributed by atoms with Crippen LogP contribution in [-0.2, 0) is 10.0 Å². The van der Waals surface area contributed by atoms with Crippen molar-refractivity contribution in [1.82, 2.24) is 24.9 Å². The molecule has 1 aromatic carbocycles. The van der Waals surface area contributed by atoms with Crippen molar-refractivity contribution < 1.29 is 12.8 Å². The van der Waals surface area contributed by atoms with Gasteiger partial charge in [-0.05, 0) is 24.6 Å². The van der Waals surface area contributed by atoms with E-state index in [1.54, 1.807) is 19.3 Å². The van der Waals surface area contributed by atoms with E-state index in [-0.39, 0.29) is 22.2 Å². The summed E-state index contributed by atoms with van der Waals surface area (Å²) in [5.41, 5.74) is 2.08. The molecule has 1 N–H and O–H groups in total. The van der Waals surface area contributed by atoms with Crippen LogP contribution in [0.4, 0.5) is 15.8 Å². The molecule has 3 aromatic rings. The fraction of sp³-hybridized carbons (Fsp3) is 0.348. The van der Waals surface area contributed by atoms with Gasteiger partial charge in [0.1, 0.15) is 11.4 Å². The Kier molecular flexibility index (Phi) is 7.54. The van der Waals surface area contributed by atoms with Crippen LogP contribution < -0.4 is 9.62 Å². The number of nitrogens with zero attached hydrogens (tertiary/aromatic N) is 6. The lowest BCUT2D eigenvalue weighted by atomic mass is 10.2. The topological polar surface area (TPSA) is 96.2 Å². The molecular weight excluding hydrogens is 493 g/mol. The molecule has 1 aliphatic rings. The van der Waals surface area contributed by atoms with Gasteiger partial charge in [-0.15, -0.1) is 11.5 Å². The molecule has 0 aliphatic carbocycles. The molecule has 0 unspecified atom stereocenters. The SMILES string of the molecule is C#CCN1CCN(c2cncc(-c3cn(-c4c(F)ccc(NS(=O)(=O)CCC)c4Cl)nn3)c2)CC1. The minimum Gasteiger partial charge on any atom is -0.368 e. The Morgan fingerprint density at radius 2 is 2.00 bits per heavy atom. The van der Waals surface area contributed by atoms with Crippen LogP contribution in [0.25, 0.3) is 16.9 Å². The van der Waals surface area contributed by atoms with Crippen LogP contribution in [0.2, 0.25) is 5.02 Å². The maximum absolute atomic E-state index is 14.7. The van der Waals surface area contributed by atoms with Gasteiger partial charge in [0.15, 0.2) is 5.82 Å². The van der Waals surface area contributed by atoms with E-state index in [1.165, 1.54) is 16.9 Å². The number of halogens is 2. The highest BCUT2D eigenvalue weighted by atomic mass is 35.5. The van der Waals surface area contributed by atoms with Gasteiger partial charge in [0, 0.05) is 37.9 Å². The molecule has 1 saturated heterocycles. The highest BCUT2D eigenvalue weighted by Crippen LogP contribution is 2.32. The smallest absolute Gasteiger partial charge is 0.232 e. The summed E-state index contributed by atoms with van der Waals surface area (Å²) in [5, 5.41) is 8.08. The first-order valence-electron chi connectivity index (χ1n) is 11.1. The fourth-order valence-electron chi connectivity index (χ4n) is 3.86. The van der Waals surface area contributed by atoms with E-state index < -0.39 is 15.8 Å². The number of piperazine rings is 1. The largest absolute Gasteiger partial charge is 0.368 e. The van der Waals surface area contributed by atoms with Crippen molar-refractivity contribution in [3.8, 4) is 29.3 Å². The van der Waals surface area contributed by atoms with E-state index in [4.69, 9.17) is 18.0 Å². The summed E-state index contributed by atoms with van der Waals surface area (Å²) < 4.78 is 42.6. The molecule has 1 aliphatic heterocycles. The zero-order valence-corrected chi connectivity index (χ0v) is 20.7.